The van der Waals surface area contributed by atoms with Gasteiger partial charge in [0.15, 0.2) is 25.2 Å². The number of carboxylic acids is 1. The zero-order valence-electron chi connectivity index (χ0n) is 45.6. The van der Waals surface area contributed by atoms with E-state index in [1.165, 1.54) is 63.5 Å². The first-order valence-electron chi connectivity index (χ1n) is 28.9. The topological polar surface area (TPSA) is 172 Å². The molecule has 2 aromatic carbocycles. The minimum Gasteiger partial charge on any atom is -0.478 e. The van der Waals surface area contributed by atoms with Crippen LogP contribution in [0.3, 0.4) is 0 Å². The van der Waals surface area contributed by atoms with Crippen molar-refractivity contribution in [3.8, 4) is 23.0 Å². The summed E-state index contributed by atoms with van der Waals surface area (Å²) in [6.07, 6.45) is 26.7. The number of carbonyl (C=O) groups is 2. The molecule has 4 saturated heterocycles. The van der Waals surface area contributed by atoms with Crippen molar-refractivity contribution in [3.63, 3.8) is 0 Å². The maximum Gasteiger partial charge on any atom is 0.338 e. The molecular weight excluding hydrogens is 951 g/mol. The van der Waals surface area contributed by atoms with Crippen molar-refractivity contribution >= 4 is 11.9 Å². The summed E-state index contributed by atoms with van der Waals surface area (Å²) in [5.41, 5.74) is 2.87. The average molecular weight is 1050 g/mol. The molecule has 2 aromatic rings. The maximum absolute atomic E-state index is 13.8. The molecule has 13 nitrogen and oxygen atoms in total. The van der Waals surface area contributed by atoms with Crippen LogP contribution in [0.5, 0.6) is 23.0 Å². The van der Waals surface area contributed by atoms with Crippen LogP contribution < -0.4 is 25.1 Å². The van der Waals surface area contributed by atoms with Crippen molar-refractivity contribution < 1.29 is 57.3 Å². The van der Waals surface area contributed by atoms with E-state index in [0.29, 0.717) is 60.4 Å². The van der Waals surface area contributed by atoms with Gasteiger partial charge in [-0.1, -0.05) is 73.0 Å². The van der Waals surface area contributed by atoms with Crippen LogP contribution in [0, 0.1) is 46.3 Å². The van der Waals surface area contributed by atoms with E-state index in [-0.39, 0.29) is 61.8 Å². The van der Waals surface area contributed by atoms with Gasteiger partial charge in [0.05, 0.1) is 37.6 Å². The van der Waals surface area contributed by atoms with Crippen molar-refractivity contribution in [3.05, 3.63) is 59.2 Å². The minimum atomic E-state index is -1.02. The van der Waals surface area contributed by atoms with Crippen molar-refractivity contribution in [2.24, 2.45) is 46.3 Å². The van der Waals surface area contributed by atoms with Crippen molar-refractivity contribution in [2.45, 2.75) is 221 Å². The molecule has 0 aromatic heterocycles. The standard InChI is InChI=1S/C44H66O6.C17H22O6.CH4.H3N/c1-29(2)11-10-12-30(3)37-17-18-38-36-16-15-32-27-33(19-21-43(32,4)39(36)20-22-44(37,38)5)50-42(45)31-25-34(48-40-13-6-8-23-46-40)28-35(26-31)49-41-14-7-9-24-47-41;18-17(19)12-9-13(22-15-5-1-3-7-20-15)11-14(10-12)23-16-6-2-4-8-21-16;;/h15,25-26,28-30,33,36-41H,6-14,16-24,27H2,1-5H3;9-11,15-16H,1-8H2,(H,18,19);1H4;1H3. The Balaban J connectivity index is 0.000000275. The number of fused-ring (bicyclic) bond motifs is 5. The van der Waals surface area contributed by atoms with E-state index in [9.17, 15) is 14.7 Å². The highest BCUT2D eigenvalue weighted by Gasteiger charge is 2.59. The van der Waals surface area contributed by atoms with Crippen molar-refractivity contribution in [1.82, 2.24) is 6.15 Å². The lowest BCUT2D eigenvalue weighted by atomic mass is 9.47. The van der Waals surface area contributed by atoms with Gasteiger partial charge in [0, 0.05) is 44.2 Å². The zero-order valence-corrected chi connectivity index (χ0v) is 45.6. The lowest BCUT2D eigenvalue weighted by Crippen LogP contribution is -2.51. The predicted octanol–water partition coefficient (Wildman–Crippen LogP) is 15.1. The molecule has 13 heteroatoms. The summed E-state index contributed by atoms with van der Waals surface area (Å²) < 4.78 is 53.1. The van der Waals surface area contributed by atoms with Crippen molar-refractivity contribution in [2.75, 3.05) is 26.4 Å². The normalized spacial score (nSPS) is 32.7. The SMILES string of the molecule is C.CC(C)CCCC(C)C1CCC2C3CC=C4CC(OC(=O)c5cc(OC6CCCCO6)cc(OC6CCCCO6)c5)CCC4(C)C3CCC12C.N.O=C(O)c1cc(OC2CCCCO2)cc(OC2CCCCO2)c1. The number of rotatable bonds is 16. The van der Waals surface area contributed by atoms with Gasteiger partial charge in [-0.25, -0.2) is 9.59 Å². The second-order valence-corrected chi connectivity index (χ2v) is 23.9. The molecule has 4 heterocycles. The predicted molar refractivity (Wildman–Crippen MR) is 291 cm³/mol. The summed E-state index contributed by atoms with van der Waals surface area (Å²) in [6, 6.07) is 10.1. The van der Waals surface area contributed by atoms with Gasteiger partial charge in [0.25, 0.3) is 0 Å². The molecule has 3 saturated carbocycles. The van der Waals surface area contributed by atoms with Crippen LogP contribution in [0.1, 0.15) is 210 Å². The third-order valence-corrected chi connectivity index (χ3v) is 18.4. The molecule has 10 rings (SSSR count). The van der Waals surface area contributed by atoms with Crippen LogP contribution in [-0.4, -0.2) is 74.7 Å². The Morgan fingerprint density at radius 2 is 1.11 bits per heavy atom. The number of hydrogen-bond donors (Lipinski definition) is 2. The smallest absolute Gasteiger partial charge is 0.338 e. The molecule has 0 spiro atoms. The summed E-state index contributed by atoms with van der Waals surface area (Å²) in [6.45, 7) is 15.3. The molecule has 4 aliphatic carbocycles. The Bertz CT molecular complexity index is 2080. The Kier molecular flexibility index (Phi) is 21.3. The van der Waals surface area contributed by atoms with Gasteiger partial charge < -0.3 is 53.9 Å². The highest BCUT2D eigenvalue weighted by molar-refractivity contribution is 5.90. The molecule has 0 amide bonds. The second kappa shape index (κ2) is 27.1. The second-order valence-electron chi connectivity index (χ2n) is 23.9. The van der Waals surface area contributed by atoms with Gasteiger partial charge in [0.2, 0.25) is 0 Å². The third-order valence-electron chi connectivity index (χ3n) is 18.4. The minimum absolute atomic E-state index is 0. The van der Waals surface area contributed by atoms with Gasteiger partial charge in [-0.3, -0.25) is 0 Å². The van der Waals surface area contributed by atoms with E-state index in [1.54, 1.807) is 23.8 Å². The highest BCUT2D eigenvalue weighted by Crippen LogP contribution is 2.67. The maximum atomic E-state index is 13.8. The molecule has 8 aliphatic rings. The molecular formula is C62H95NO12. The van der Waals surface area contributed by atoms with Crippen LogP contribution in [0.2, 0.25) is 0 Å². The molecule has 12 atom stereocenters. The Morgan fingerprint density at radius 3 is 1.56 bits per heavy atom. The lowest BCUT2D eigenvalue weighted by Gasteiger charge is -2.58. The van der Waals surface area contributed by atoms with Gasteiger partial charge in [-0.2, -0.15) is 0 Å². The van der Waals surface area contributed by atoms with Crippen LogP contribution >= 0.6 is 0 Å². The number of aromatic carboxylic acids is 1. The van der Waals surface area contributed by atoms with Gasteiger partial charge >= 0.3 is 11.9 Å². The Morgan fingerprint density at radius 1 is 0.613 bits per heavy atom. The van der Waals surface area contributed by atoms with Gasteiger partial charge in [0.1, 0.15) is 29.1 Å². The molecule has 4 N–H and O–H groups in total. The first-order chi connectivity index (χ1) is 35.3. The first kappa shape index (κ1) is 58.8. The van der Waals surface area contributed by atoms with E-state index in [4.69, 9.17) is 42.6 Å². The van der Waals surface area contributed by atoms with Crippen molar-refractivity contribution in [1.29, 1.82) is 0 Å². The third kappa shape index (κ3) is 14.8. The van der Waals surface area contributed by atoms with Crippen LogP contribution in [-0.2, 0) is 23.7 Å². The van der Waals surface area contributed by atoms with E-state index in [0.717, 1.165) is 132 Å². The number of allylic oxidation sites excluding steroid dienone is 1. The van der Waals surface area contributed by atoms with E-state index < -0.39 is 5.97 Å². The average Bonchev–Trinajstić information content (AvgIpc) is 3.75. The molecule has 12 unspecified atom stereocenters. The van der Waals surface area contributed by atoms with Crippen LogP contribution in [0.25, 0.3) is 0 Å². The Hall–Kier alpha value is -3.88. The first-order valence-corrected chi connectivity index (χ1v) is 28.9. The summed E-state index contributed by atoms with van der Waals surface area (Å²) in [4.78, 5) is 25.1. The number of carbonyl (C=O) groups excluding carboxylic acids is 1. The van der Waals surface area contributed by atoms with Gasteiger partial charge in [-0.15, -0.1) is 0 Å². The number of carboxylic acid groups (broad SMARTS) is 1. The highest BCUT2D eigenvalue weighted by atomic mass is 16.7. The number of ether oxygens (including phenoxy) is 9. The summed E-state index contributed by atoms with van der Waals surface area (Å²) in [7, 11) is 0. The fourth-order valence-corrected chi connectivity index (χ4v) is 14.5. The van der Waals surface area contributed by atoms with Crippen LogP contribution in [0.4, 0.5) is 0 Å². The van der Waals surface area contributed by atoms with Crippen LogP contribution in [0.15, 0.2) is 48.0 Å². The Labute approximate surface area is 449 Å². The molecule has 7 fully saturated rings. The molecule has 4 aliphatic heterocycles. The molecule has 0 bridgehead atoms. The fourth-order valence-electron chi connectivity index (χ4n) is 14.5. The molecule has 420 valence electrons. The molecule has 75 heavy (non-hydrogen) atoms. The monoisotopic (exact) mass is 1050 g/mol. The van der Waals surface area contributed by atoms with E-state index in [2.05, 4.69) is 40.7 Å². The number of esters is 1. The summed E-state index contributed by atoms with van der Waals surface area (Å²) in [5, 5.41) is 9.27. The lowest BCUT2D eigenvalue weighted by molar-refractivity contribution is -0.109. The summed E-state index contributed by atoms with van der Waals surface area (Å²) >= 11 is 0. The van der Waals surface area contributed by atoms with Gasteiger partial charge in [-0.05, 0) is 167 Å². The number of hydrogen-bond acceptors (Lipinski definition) is 12. The number of benzene rings is 2. The zero-order chi connectivity index (χ0) is 51.0. The largest absolute Gasteiger partial charge is 0.478 e. The van der Waals surface area contributed by atoms with E-state index in [1.807, 2.05) is 6.07 Å². The van der Waals surface area contributed by atoms with E-state index >= 15 is 0 Å². The fraction of sp³-hybridized carbons (Fsp3) is 0.742. The molecule has 0 radical (unpaired) electrons. The summed E-state index contributed by atoms with van der Waals surface area (Å²) in [5.74, 6) is 5.68. The quantitative estimate of drug-likeness (QED) is 0.120.